The molecule has 1 N–H and O–H groups in total. The van der Waals surface area contributed by atoms with E-state index in [1.807, 2.05) is 38.2 Å². The second kappa shape index (κ2) is 8.49. The van der Waals surface area contributed by atoms with E-state index in [9.17, 15) is 4.79 Å². The first-order valence-electron chi connectivity index (χ1n) is 6.58. The van der Waals surface area contributed by atoms with Gasteiger partial charge in [0.15, 0.2) is 0 Å². The molecule has 1 saturated heterocycles. The Morgan fingerprint density at radius 2 is 2.20 bits per heavy atom. The zero-order valence-electron chi connectivity index (χ0n) is 12.2. The number of hydrogen-bond donors (Lipinski definition) is 1. The Balaban J connectivity index is 0.00000180. The molecule has 0 bridgehead atoms. The summed E-state index contributed by atoms with van der Waals surface area (Å²) in [4.78, 5) is 14.3. The van der Waals surface area contributed by atoms with Crippen LogP contribution in [0, 0.1) is 11.8 Å². The van der Waals surface area contributed by atoms with Gasteiger partial charge in [-0.25, -0.2) is 0 Å². The van der Waals surface area contributed by atoms with Crippen LogP contribution in [0.4, 0.5) is 0 Å². The zero-order valence-corrected chi connectivity index (χ0v) is 13.8. The molecule has 116 valence electrons. The van der Waals surface area contributed by atoms with Crippen molar-refractivity contribution in [2.75, 3.05) is 19.6 Å². The van der Waals surface area contributed by atoms with Gasteiger partial charge >= 0.3 is 0 Å². The lowest BCUT2D eigenvalue weighted by atomic mass is 9.88. The quantitative estimate of drug-likeness (QED) is 0.893. The van der Waals surface area contributed by atoms with Crippen molar-refractivity contribution in [3.05, 3.63) is 18.0 Å². The Kier molecular flexibility index (Phi) is 8.16. The first-order valence-corrected chi connectivity index (χ1v) is 6.58. The smallest absolute Gasteiger partial charge is 0.226 e. The molecule has 1 fully saturated rings. The third-order valence-electron chi connectivity index (χ3n) is 3.73. The van der Waals surface area contributed by atoms with Gasteiger partial charge in [-0.05, 0) is 25.9 Å². The van der Waals surface area contributed by atoms with Crippen LogP contribution in [0.2, 0.25) is 0 Å². The minimum atomic E-state index is 0. The average Bonchev–Trinajstić information content (AvgIpc) is 2.68. The van der Waals surface area contributed by atoms with E-state index in [1.54, 1.807) is 4.68 Å². The van der Waals surface area contributed by atoms with Gasteiger partial charge in [-0.2, -0.15) is 5.10 Å². The van der Waals surface area contributed by atoms with E-state index in [2.05, 4.69) is 10.4 Å². The lowest BCUT2D eigenvalue weighted by molar-refractivity contribution is -0.137. The number of halogens is 2. The summed E-state index contributed by atoms with van der Waals surface area (Å²) >= 11 is 0. The van der Waals surface area contributed by atoms with Crippen LogP contribution >= 0.6 is 24.8 Å². The third-order valence-corrected chi connectivity index (χ3v) is 3.73. The molecular weight excluding hydrogens is 299 g/mol. The van der Waals surface area contributed by atoms with Gasteiger partial charge in [0.2, 0.25) is 5.91 Å². The summed E-state index contributed by atoms with van der Waals surface area (Å²) in [5, 5.41) is 7.36. The molecule has 2 rings (SSSR count). The predicted molar refractivity (Wildman–Crippen MR) is 84.3 cm³/mol. The highest BCUT2D eigenvalue weighted by Crippen LogP contribution is 2.19. The normalized spacial score (nSPS) is 15.6. The second-order valence-electron chi connectivity index (χ2n) is 5.08. The van der Waals surface area contributed by atoms with Crippen LogP contribution in [-0.2, 0) is 18.4 Å². The first kappa shape index (κ1) is 19.2. The summed E-state index contributed by atoms with van der Waals surface area (Å²) in [7, 11) is 1.89. The van der Waals surface area contributed by atoms with Gasteiger partial charge in [0.25, 0.3) is 0 Å². The van der Waals surface area contributed by atoms with Crippen LogP contribution in [-0.4, -0.2) is 40.2 Å². The lowest BCUT2D eigenvalue weighted by Gasteiger charge is -2.34. The number of nitrogens with one attached hydrogen (secondary N) is 1. The van der Waals surface area contributed by atoms with E-state index >= 15 is 0 Å². The zero-order chi connectivity index (χ0) is 13.1. The molecule has 0 aliphatic carbocycles. The van der Waals surface area contributed by atoms with E-state index in [0.29, 0.717) is 12.5 Å². The molecular formula is C13H24Cl2N4O. The molecule has 0 spiro atoms. The van der Waals surface area contributed by atoms with Gasteiger partial charge in [-0.1, -0.05) is 6.92 Å². The highest BCUT2D eigenvalue weighted by atomic mass is 35.5. The molecule has 1 aliphatic heterocycles. The Labute approximate surface area is 132 Å². The molecule has 20 heavy (non-hydrogen) atoms. The summed E-state index contributed by atoms with van der Waals surface area (Å²) in [5.41, 5.74) is 1.09. The number of amides is 1. The first-order chi connectivity index (χ1) is 8.61. The summed E-state index contributed by atoms with van der Waals surface area (Å²) in [6.07, 6.45) is 3.79. The van der Waals surface area contributed by atoms with Crippen LogP contribution in [0.5, 0.6) is 0 Å². The Hall–Kier alpha value is -0.780. The van der Waals surface area contributed by atoms with E-state index in [0.717, 1.165) is 25.2 Å². The van der Waals surface area contributed by atoms with Crippen LogP contribution in [0.3, 0.4) is 0 Å². The maximum Gasteiger partial charge on any atom is 0.226 e. The number of nitrogens with zero attached hydrogens (tertiary/aromatic N) is 3. The number of aryl methyl sites for hydroxylation is 1. The Morgan fingerprint density at radius 1 is 1.55 bits per heavy atom. The van der Waals surface area contributed by atoms with Crippen molar-refractivity contribution in [3.63, 3.8) is 0 Å². The maximum atomic E-state index is 12.4. The highest BCUT2D eigenvalue weighted by molar-refractivity contribution is 5.85. The topological polar surface area (TPSA) is 50.2 Å². The molecule has 2 heterocycles. The molecule has 0 aromatic carbocycles. The average molecular weight is 323 g/mol. The van der Waals surface area contributed by atoms with Crippen molar-refractivity contribution < 1.29 is 4.79 Å². The predicted octanol–water partition coefficient (Wildman–Crippen LogP) is 1.47. The van der Waals surface area contributed by atoms with Gasteiger partial charge in [0, 0.05) is 37.8 Å². The minimum Gasteiger partial charge on any atom is -0.338 e. The van der Waals surface area contributed by atoms with E-state index in [1.165, 1.54) is 0 Å². The standard InChI is InChI=1S/C13H22N4O.2ClH/c1-4-17(9-11-5-15-16(3)8-11)13(18)10(2)12-6-14-7-12;;/h5,8,10,12,14H,4,6-7,9H2,1-3H3;2*1H. The highest BCUT2D eigenvalue weighted by Gasteiger charge is 2.31. The van der Waals surface area contributed by atoms with Crippen molar-refractivity contribution in [2.45, 2.75) is 20.4 Å². The number of rotatable bonds is 5. The maximum absolute atomic E-state index is 12.4. The van der Waals surface area contributed by atoms with Gasteiger partial charge in [-0.15, -0.1) is 24.8 Å². The van der Waals surface area contributed by atoms with Crippen LogP contribution in [0.15, 0.2) is 12.4 Å². The van der Waals surface area contributed by atoms with Crippen molar-refractivity contribution in [2.24, 2.45) is 18.9 Å². The second-order valence-corrected chi connectivity index (χ2v) is 5.08. The summed E-state index contributed by atoms with van der Waals surface area (Å²) < 4.78 is 1.77. The fourth-order valence-electron chi connectivity index (χ4n) is 2.27. The number of hydrogen-bond acceptors (Lipinski definition) is 3. The minimum absolute atomic E-state index is 0. The molecule has 1 aromatic rings. The van der Waals surface area contributed by atoms with Crippen LogP contribution in [0.25, 0.3) is 0 Å². The molecule has 0 saturated carbocycles. The Morgan fingerprint density at radius 3 is 2.60 bits per heavy atom. The molecule has 1 amide bonds. The fourth-order valence-corrected chi connectivity index (χ4v) is 2.27. The third kappa shape index (κ3) is 4.36. The van der Waals surface area contributed by atoms with Gasteiger partial charge in [0.1, 0.15) is 0 Å². The SMILES string of the molecule is CCN(Cc1cnn(C)c1)C(=O)C(C)C1CNC1.Cl.Cl. The van der Waals surface area contributed by atoms with Crippen molar-refractivity contribution in [1.29, 1.82) is 0 Å². The lowest BCUT2D eigenvalue weighted by Crippen LogP contribution is -2.50. The van der Waals surface area contributed by atoms with Crippen molar-refractivity contribution in [1.82, 2.24) is 20.0 Å². The molecule has 5 nitrogen and oxygen atoms in total. The van der Waals surface area contributed by atoms with Gasteiger partial charge < -0.3 is 10.2 Å². The number of carbonyl (C=O) groups excluding carboxylic acids is 1. The van der Waals surface area contributed by atoms with Gasteiger partial charge in [0.05, 0.1) is 6.20 Å². The molecule has 1 aliphatic rings. The molecule has 1 unspecified atom stereocenters. The molecule has 1 atom stereocenters. The summed E-state index contributed by atoms with van der Waals surface area (Å²) in [6, 6.07) is 0. The molecule has 0 radical (unpaired) electrons. The number of aromatic nitrogens is 2. The van der Waals surface area contributed by atoms with Crippen molar-refractivity contribution >= 4 is 30.7 Å². The summed E-state index contributed by atoms with van der Waals surface area (Å²) in [5.74, 6) is 0.871. The van der Waals surface area contributed by atoms with Crippen LogP contribution < -0.4 is 5.32 Å². The molecule has 1 aromatic heterocycles. The van der Waals surface area contributed by atoms with E-state index in [4.69, 9.17) is 0 Å². The Bertz CT molecular complexity index is 420. The number of carbonyl (C=O) groups is 1. The summed E-state index contributed by atoms with van der Waals surface area (Å²) in [6.45, 7) is 7.42. The van der Waals surface area contributed by atoms with E-state index in [-0.39, 0.29) is 36.6 Å². The largest absolute Gasteiger partial charge is 0.338 e. The fraction of sp³-hybridized carbons (Fsp3) is 0.692. The monoisotopic (exact) mass is 322 g/mol. The van der Waals surface area contributed by atoms with Crippen molar-refractivity contribution in [3.8, 4) is 0 Å². The van der Waals surface area contributed by atoms with E-state index < -0.39 is 0 Å². The molecule has 7 heteroatoms. The van der Waals surface area contributed by atoms with Crippen LogP contribution in [0.1, 0.15) is 19.4 Å². The van der Waals surface area contributed by atoms with Gasteiger partial charge in [-0.3, -0.25) is 9.48 Å².